The lowest BCUT2D eigenvalue weighted by Gasteiger charge is -2.22. The molecule has 1 aromatic carbocycles. The van der Waals surface area contributed by atoms with E-state index >= 15 is 0 Å². The first-order valence-corrected chi connectivity index (χ1v) is 4.97. The predicted octanol–water partition coefficient (Wildman–Crippen LogP) is 1.06. The molecule has 16 heavy (non-hydrogen) atoms. The molecule has 0 aromatic heterocycles. The van der Waals surface area contributed by atoms with Crippen LogP contribution in [-0.4, -0.2) is 33.4 Å². The topological polar surface area (TPSA) is 50.8 Å². The third-order valence-corrected chi connectivity index (χ3v) is 2.36. The number of nitrogens with zero attached hydrogens (tertiary/aromatic N) is 1. The maximum atomic E-state index is 11.2. The number of benzene rings is 1. The van der Waals surface area contributed by atoms with Crippen LogP contribution >= 0.6 is 0 Å². The van der Waals surface area contributed by atoms with Crippen molar-refractivity contribution in [3.8, 4) is 5.75 Å². The number of carbonyl (C=O) groups excluding carboxylic acids is 1. The third-order valence-electron chi connectivity index (χ3n) is 2.36. The minimum absolute atomic E-state index is 0.0836. The first kappa shape index (κ1) is 10.8. The quantitative estimate of drug-likeness (QED) is 0.777. The van der Waals surface area contributed by atoms with Gasteiger partial charge in [-0.25, -0.2) is 0 Å². The predicted molar refractivity (Wildman–Crippen MR) is 60.8 cm³/mol. The smallest absolute Gasteiger partial charge is 0.262 e. The Morgan fingerprint density at radius 2 is 2.38 bits per heavy atom. The Balaban J connectivity index is 2.24. The highest BCUT2D eigenvalue weighted by atomic mass is 16.5. The van der Waals surface area contributed by atoms with E-state index in [2.05, 4.69) is 5.32 Å². The molecule has 0 radical (unpaired) electrons. The average molecular weight is 222 g/mol. The summed E-state index contributed by atoms with van der Waals surface area (Å²) in [4.78, 5) is 13.1. The van der Waals surface area contributed by atoms with Crippen molar-refractivity contribution in [1.82, 2.24) is 0 Å². The second kappa shape index (κ2) is 4.40. The first-order valence-electron chi connectivity index (χ1n) is 4.97. The summed E-state index contributed by atoms with van der Waals surface area (Å²) in [7, 11) is 3.55. The van der Waals surface area contributed by atoms with E-state index in [1.165, 1.54) is 0 Å². The van der Waals surface area contributed by atoms with E-state index in [0.29, 0.717) is 18.2 Å². The summed E-state index contributed by atoms with van der Waals surface area (Å²) >= 11 is 0. The molecule has 0 atom stereocenters. The van der Waals surface area contributed by atoms with Crippen molar-refractivity contribution in [1.29, 1.82) is 0 Å². The van der Waals surface area contributed by atoms with Crippen LogP contribution in [0.15, 0.2) is 18.2 Å². The van der Waals surface area contributed by atoms with Crippen LogP contribution in [-0.2, 0) is 9.53 Å². The molecule has 5 heteroatoms. The number of hydrogen-bond acceptors (Lipinski definition) is 4. The number of rotatable bonds is 3. The number of carbonyl (C=O) groups is 1. The summed E-state index contributed by atoms with van der Waals surface area (Å²) in [5.74, 6) is 0.577. The fraction of sp³-hybridized carbons (Fsp3) is 0.364. The van der Waals surface area contributed by atoms with E-state index in [-0.39, 0.29) is 12.5 Å². The summed E-state index contributed by atoms with van der Waals surface area (Å²) in [6.07, 6.45) is 0. The first-order chi connectivity index (χ1) is 7.70. The summed E-state index contributed by atoms with van der Waals surface area (Å²) < 4.78 is 10.3. The average Bonchev–Trinajstić information content (AvgIpc) is 2.28. The van der Waals surface area contributed by atoms with Crippen LogP contribution in [0, 0.1) is 0 Å². The lowest BCUT2D eigenvalue weighted by molar-refractivity contribution is -0.118. The largest absolute Gasteiger partial charge is 0.482 e. The standard InChI is InChI=1S/C11H14N2O3/c1-13(7-15-2)8-3-4-10-9(5-8)12-11(14)6-16-10/h3-5H,6-7H2,1-2H3,(H,12,14). The van der Waals surface area contributed by atoms with Crippen molar-refractivity contribution in [2.45, 2.75) is 0 Å². The highest BCUT2D eigenvalue weighted by Gasteiger charge is 2.16. The van der Waals surface area contributed by atoms with Gasteiger partial charge < -0.3 is 19.7 Å². The Kier molecular flexibility index (Phi) is 2.96. The van der Waals surface area contributed by atoms with Crippen LogP contribution in [0.4, 0.5) is 11.4 Å². The summed E-state index contributed by atoms with van der Waals surface area (Å²) in [5.41, 5.74) is 1.67. The molecule has 1 aromatic rings. The lowest BCUT2D eigenvalue weighted by atomic mass is 10.2. The molecule has 2 rings (SSSR count). The van der Waals surface area contributed by atoms with Gasteiger partial charge in [-0.3, -0.25) is 4.79 Å². The van der Waals surface area contributed by atoms with E-state index in [0.717, 1.165) is 5.69 Å². The number of methoxy groups -OCH3 is 1. The van der Waals surface area contributed by atoms with Gasteiger partial charge in [-0.2, -0.15) is 0 Å². The molecule has 0 saturated carbocycles. The number of hydrogen-bond donors (Lipinski definition) is 1. The van der Waals surface area contributed by atoms with E-state index in [1.807, 2.05) is 30.1 Å². The van der Waals surface area contributed by atoms with Crippen molar-refractivity contribution >= 4 is 17.3 Å². The molecule has 0 unspecified atom stereocenters. The maximum absolute atomic E-state index is 11.2. The number of ether oxygens (including phenoxy) is 2. The van der Waals surface area contributed by atoms with E-state index in [9.17, 15) is 4.79 Å². The Morgan fingerprint density at radius 3 is 3.12 bits per heavy atom. The van der Waals surface area contributed by atoms with Crippen LogP contribution in [0.5, 0.6) is 5.75 Å². The normalized spacial score (nSPS) is 13.8. The van der Waals surface area contributed by atoms with Crippen LogP contribution in [0.2, 0.25) is 0 Å². The molecule has 1 aliphatic heterocycles. The van der Waals surface area contributed by atoms with Gasteiger partial charge in [0.15, 0.2) is 6.61 Å². The van der Waals surface area contributed by atoms with Gasteiger partial charge in [-0.1, -0.05) is 0 Å². The molecule has 1 heterocycles. The van der Waals surface area contributed by atoms with Crippen LogP contribution in [0.25, 0.3) is 0 Å². The highest BCUT2D eigenvalue weighted by Crippen LogP contribution is 2.31. The molecule has 0 saturated heterocycles. The Bertz CT molecular complexity index is 406. The fourth-order valence-electron chi connectivity index (χ4n) is 1.58. The van der Waals surface area contributed by atoms with E-state index < -0.39 is 0 Å². The van der Waals surface area contributed by atoms with Gasteiger partial charge in [0, 0.05) is 19.8 Å². The Hall–Kier alpha value is -1.75. The lowest BCUT2D eigenvalue weighted by Crippen LogP contribution is -2.26. The molecule has 0 spiro atoms. The Labute approximate surface area is 93.9 Å². The SMILES string of the molecule is COCN(C)c1ccc2c(c1)NC(=O)CO2. The van der Waals surface area contributed by atoms with Gasteiger partial charge >= 0.3 is 0 Å². The summed E-state index contributed by atoms with van der Waals surface area (Å²) in [6, 6.07) is 5.64. The van der Waals surface area contributed by atoms with Crippen molar-refractivity contribution in [2.75, 3.05) is 37.7 Å². The van der Waals surface area contributed by atoms with Gasteiger partial charge in [-0.15, -0.1) is 0 Å². The minimum Gasteiger partial charge on any atom is -0.482 e. The van der Waals surface area contributed by atoms with Gasteiger partial charge in [0.1, 0.15) is 12.5 Å². The minimum atomic E-state index is -0.126. The molecular weight excluding hydrogens is 208 g/mol. The fourth-order valence-corrected chi connectivity index (χ4v) is 1.58. The molecule has 86 valence electrons. The van der Waals surface area contributed by atoms with E-state index in [4.69, 9.17) is 9.47 Å². The van der Waals surface area contributed by atoms with Crippen LogP contribution in [0.1, 0.15) is 0 Å². The second-order valence-electron chi connectivity index (χ2n) is 3.63. The molecule has 5 nitrogen and oxygen atoms in total. The monoisotopic (exact) mass is 222 g/mol. The number of anilines is 2. The molecule has 1 amide bonds. The second-order valence-corrected chi connectivity index (χ2v) is 3.63. The highest BCUT2D eigenvalue weighted by molar-refractivity contribution is 5.96. The van der Waals surface area contributed by atoms with Crippen molar-refractivity contribution < 1.29 is 14.3 Å². The number of fused-ring (bicyclic) bond motifs is 1. The zero-order valence-electron chi connectivity index (χ0n) is 9.32. The van der Waals surface area contributed by atoms with Crippen molar-refractivity contribution in [3.63, 3.8) is 0 Å². The van der Waals surface area contributed by atoms with Gasteiger partial charge in [0.05, 0.1) is 5.69 Å². The molecule has 0 aliphatic carbocycles. The van der Waals surface area contributed by atoms with Crippen LogP contribution < -0.4 is 15.0 Å². The molecule has 1 N–H and O–H groups in total. The summed E-state index contributed by atoms with van der Waals surface area (Å²) in [5, 5.41) is 2.77. The van der Waals surface area contributed by atoms with E-state index in [1.54, 1.807) is 7.11 Å². The van der Waals surface area contributed by atoms with Gasteiger partial charge in [0.25, 0.3) is 5.91 Å². The van der Waals surface area contributed by atoms with Crippen molar-refractivity contribution in [2.24, 2.45) is 0 Å². The van der Waals surface area contributed by atoms with Crippen molar-refractivity contribution in [3.05, 3.63) is 18.2 Å². The number of nitrogens with one attached hydrogen (secondary N) is 1. The zero-order valence-corrected chi connectivity index (χ0v) is 9.32. The molecule has 0 fully saturated rings. The summed E-state index contributed by atoms with van der Waals surface area (Å²) in [6.45, 7) is 0.577. The third kappa shape index (κ3) is 2.09. The maximum Gasteiger partial charge on any atom is 0.262 e. The van der Waals surface area contributed by atoms with Gasteiger partial charge in [-0.05, 0) is 18.2 Å². The Morgan fingerprint density at radius 1 is 1.56 bits per heavy atom. The number of amides is 1. The van der Waals surface area contributed by atoms with Crippen LogP contribution in [0.3, 0.4) is 0 Å². The zero-order chi connectivity index (χ0) is 11.5. The molecule has 1 aliphatic rings. The molecule has 0 bridgehead atoms. The van der Waals surface area contributed by atoms with Gasteiger partial charge in [0.2, 0.25) is 0 Å². The molecular formula is C11H14N2O3.